The third-order valence-electron chi connectivity index (χ3n) is 4.15. The molecule has 4 unspecified atom stereocenters. The molecule has 1 heterocycles. The van der Waals surface area contributed by atoms with E-state index < -0.39 is 0 Å². The van der Waals surface area contributed by atoms with Crippen LogP contribution in [0.1, 0.15) is 44.7 Å². The largest absolute Gasteiger partial charge is 0.453 e. The average molecular weight is 242 g/mol. The quantitative estimate of drug-likeness (QED) is 0.850. The van der Waals surface area contributed by atoms with Gasteiger partial charge in [-0.25, -0.2) is 0 Å². The highest BCUT2D eigenvalue weighted by atomic mass is 35.5. The van der Waals surface area contributed by atoms with E-state index in [4.69, 9.17) is 21.8 Å². The molecule has 4 atom stereocenters. The molecule has 1 aromatic heterocycles. The fraction of sp³-hybridized carbons (Fsp3) is 0.692. The highest BCUT2D eigenvalue weighted by Gasteiger charge is 2.30. The molecule has 1 aliphatic rings. The van der Waals surface area contributed by atoms with Crippen molar-refractivity contribution in [3.63, 3.8) is 0 Å². The normalized spacial score (nSPS) is 32.6. The summed E-state index contributed by atoms with van der Waals surface area (Å²) in [4.78, 5) is 0. The molecule has 2 N–H and O–H groups in total. The molecule has 2 rings (SSSR count). The second kappa shape index (κ2) is 4.80. The molecule has 0 amide bonds. The van der Waals surface area contributed by atoms with E-state index in [1.54, 1.807) is 6.26 Å². The van der Waals surface area contributed by atoms with Gasteiger partial charge in [-0.3, -0.25) is 0 Å². The van der Waals surface area contributed by atoms with Gasteiger partial charge in [0.1, 0.15) is 0 Å². The topological polar surface area (TPSA) is 39.2 Å². The van der Waals surface area contributed by atoms with Crippen molar-refractivity contribution >= 4 is 11.6 Å². The second-order valence-corrected chi connectivity index (χ2v) is 5.55. The van der Waals surface area contributed by atoms with Crippen LogP contribution in [0.15, 0.2) is 16.7 Å². The zero-order chi connectivity index (χ0) is 11.7. The number of hydrogen-bond acceptors (Lipinski definition) is 2. The molecule has 16 heavy (non-hydrogen) atoms. The van der Waals surface area contributed by atoms with E-state index in [1.807, 2.05) is 6.07 Å². The van der Waals surface area contributed by atoms with E-state index in [0.29, 0.717) is 11.1 Å². The minimum atomic E-state index is 0.0289. The first kappa shape index (κ1) is 12.0. The predicted molar refractivity (Wildman–Crippen MR) is 66.3 cm³/mol. The zero-order valence-electron chi connectivity index (χ0n) is 9.95. The van der Waals surface area contributed by atoms with Crippen molar-refractivity contribution in [3.05, 3.63) is 23.1 Å². The Morgan fingerprint density at radius 2 is 2.12 bits per heavy atom. The summed E-state index contributed by atoms with van der Waals surface area (Å²) in [5.74, 6) is 2.13. The minimum Gasteiger partial charge on any atom is -0.453 e. The highest BCUT2D eigenvalue weighted by Crippen LogP contribution is 2.40. The van der Waals surface area contributed by atoms with Crippen LogP contribution in [0.5, 0.6) is 0 Å². The van der Waals surface area contributed by atoms with Gasteiger partial charge in [0.2, 0.25) is 0 Å². The molecule has 90 valence electrons. The molecule has 0 aromatic carbocycles. The molecule has 1 fully saturated rings. The third kappa shape index (κ3) is 2.28. The van der Waals surface area contributed by atoms with Gasteiger partial charge in [-0.2, -0.15) is 0 Å². The molecule has 0 radical (unpaired) electrons. The Bertz CT molecular complexity index is 349. The van der Waals surface area contributed by atoms with E-state index in [-0.39, 0.29) is 6.04 Å². The zero-order valence-corrected chi connectivity index (χ0v) is 10.7. The smallest absolute Gasteiger partial charge is 0.197 e. The Balaban J connectivity index is 2.06. The molecule has 1 aliphatic carbocycles. The molecule has 1 aromatic rings. The van der Waals surface area contributed by atoms with Crippen LogP contribution < -0.4 is 5.73 Å². The van der Waals surface area contributed by atoms with E-state index in [2.05, 4.69) is 13.8 Å². The van der Waals surface area contributed by atoms with E-state index in [1.165, 1.54) is 19.3 Å². The number of rotatable bonds is 2. The van der Waals surface area contributed by atoms with Gasteiger partial charge in [0.05, 0.1) is 6.26 Å². The number of hydrogen-bond donors (Lipinski definition) is 1. The minimum absolute atomic E-state index is 0.0289. The monoisotopic (exact) mass is 241 g/mol. The van der Waals surface area contributed by atoms with Crippen LogP contribution in [-0.4, -0.2) is 0 Å². The van der Waals surface area contributed by atoms with Crippen LogP contribution in [0.4, 0.5) is 0 Å². The number of halogens is 1. The maximum atomic E-state index is 6.28. The van der Waals surface area contributed by atoms with E-state index >= 15 is 0 Å². The van der Waals surface area contributed by atoms with Gasteiger partial charge < -0.3 is 10.2 Å². The molecule has 0 aliphatic heterocycles. The second-order valence-electron chi connectivity index (χ2n) is 5.20. The van der Waals surface area contributed by atoms with Crippen LogP contribution in [0.2, 0.25) is 5.22 Å². The molecule has 1 saturated carbocycles. The summed E-state index contributed by atoms with van der Waals surface area (Å²) in [6, 6.07) is 1.93. The van der Waals surface area contributed by atoms with Crippen molar-refractivity contribution in [2.24, 2.45) is 23.5 Å². The fourth-order valence-corrected chi connectivity index (χ4v) is 2.95. The maximum Gasteiger partial charge on any atom is 0.197 e. The van der Waals surface area contributed by atoms with Crippen molar-refractivity contribution in [3.8, 4) is 0 Å². The first-order valence-corrected chi connectivity index (χ1v) is 6.46. The molecular formula is C13H20ClNO. The van der Waals surface area contributed by atoms with Gasteiger partial charge in [0.25, 0.3) is 0 Å². The van der Waals surface area contributed by atoms with Crippen molar-refractivity contribution in [1.82, 2.24) is 0 Å². The number of nitrogens with two attached hydrogens (primary N) is 1. The van der Waals surface area contributed by atoms with Gasteiger partial charge >= 0.3 is 0 Å². The Hall–Kier alpha value is -0.470. The van der Waals surface area contributed by atoms with Gasteiger partial charge in [0, 0.05) is 11.6 Å². The van der Waals surface area contributed by atoms with Gasteiger partial charge in [0.15, 0.2) is 5.22 Å². The van der Waals surface area contributed by atoms with E-state index in [0.717, 1.165) is 17.4 Å². The van der Waals surface area contributed by atoms with Crippen molar-refractivity contribution in [2.45, 2.75) is 39.2 Å². The Morgan fingerprint density at radius 3 is 2.69 bits per heavy atom. The van der Waals surface area contributed by atoms with Crippen molar-refractivity contribution in [1.29, 1.82) is 0 Å². The van der Waals surface area contributed by atoms with Crippen LogP contribution in [-0.2, 0) is 0 Å². The van der Waals surface area contributed by atoms with E-state index in [9.17, 15) is 0 Å². The third-order valence-corrected chi connectivity index (χ3v) is 4.46. The van der Waals surface area contributed by atoms with Crippen LogP contribution in [0.25, 0.3) is 0 Å². The van der Waals surface area contributed by atoms with Crippen LogP contribution in [0, 0.1) is 17.8 Å². The first-order chi connectivity index (χ1) is 7.59. The van der Waals surface area contributed by atoms with Gasteiger partial charge in [-0.05, 0) is 48.3 Å². The van der Waals surface area contributed by atoms with Crippen LogP contribution >= 0.6 is 11.6 Å². The standard InChI is InChI=1S/C13H20ClNO/c1-8-3-4-10(7-9(8)2)12(15)11-5-6-16-13(11)14/h5-6,8-10,12H,3-4,7,15H2,1-2H3. The predicted octanol–water partition coefficient (Wildman–Crippen LogP) is 4.01. The summed E-state index contributed by atoms with van der Waals surface area (Å²) in [6.07, 6.45) is 5.29. The SMILES string of the molecule is CC1CCC(C(N)c2ccoc2Cl)CC1C. The number of furan rings is 1. The Morgan fingerprint density at radius 1 is 1.38 bits per heavy atom. The molecular weight excluding hydrogens is 222 g/mol. The summed E-state index contributed by atoms with van der Waals surface area (Å²) in [5, 5.41) is 0.457. The average Bonchev–Trinajstić information content (AvgIpc) is 2.67. The Labute approximate surface area is 102 Å². The van der Waals surface area contributed by atoms with Gasteiger partial charge in [-0.15, -0.1) is 0 Å². The summed E-state index contributed by atoms with van der Waals surface area (Å²) >= 11 is 5.97. The first-order valence-electron chi connectivity index (χ1n) is 6.08. The molecule has 0 saturated heterocycles. The lowest BCUT2D eigenvalue weighted by Crippen LogP contribution is -2.29. The lowest BCUT2D eigenvalue weighted by molar-refractivity contribution is 0.186. The lowest BCUT2D eigenvalue weighted by atomic mass is 9.72. The molecule has 2 nitrogen and oxygen atoms in total. The highest BCUT2D eigenvalue weighted by molar-refractivity contribution is 6.29. The molecule has 3 heteroatoms. The lowest BCUT2D eigenvalue weighted by Gasteiger charge is -2.35. The molecule has 0 bridgehead atoms. The van der Waals surface area contributed by atoms with Crippen molar-refractivity contribution < 1.29 is 4.42 Å². The van der Waals surface area contributed by atoms with Gasteiger partial charge in [-0.1, -0.05) is 20.3 Å². The fourth-order valence-electron chi connectivity index (χ4n) is 2.71. The summed E-state index contributed by atoms with van der Waals surface area (Å²) in [5.41, 5.74) is 7.24. The van der Waals surface area contributed by atoms with Crippen molar-refractivity contribution in [2.75, 3.05) is 0 Å². The summed E-state index contributed by atoms with van der Waals surface area (Å²) in [7, 11) is 0. The molecule has 0 spiro atoms. The van der Waals surface area contributed by atoms with Crippen LogP contribution in [0.3, 0.4) is 0 Å². The Kier molecular flexibility index (Phi) is 3.60. The summed E-state index contributed by atoms with van der Waals surface area (Å²) in [6.45, 7) is 4.65. The summed E-state index contributed by atoms with van der Waals surface area (Å²) < 4.78 is 5.11. The maximum absolute atomic E-state index is 6.28.